The fourth-order valence-electron chi connectivity index (χ4n) is 2.10. The maximum atomic E-state index is 11.5. The van der Waals surface area contributed by atoms with E-state index >= 15 is 0 Å². The molecule has 0 radical (unpaired) electrons. The lowest BCUT2D eigenvalue weighted by atomic mass is 9.83. The number of carbonyl (C=O) groups is 1. The van der Waals surface area contributed by atoms with E-state index in [2.05, 4.69) is 12.2 Å². The van der Waals surface area contributed by atoms with E-state index in [-0.39, 0.29) is 12.0 Å². The van der Waals surface area contributed by atoms with Gasteiger partial charge in [0.1, 0.15) is 6.04 Å². The van der Waals surface area contributed by atoms with Gasteiger partial charge in [0, 0.05) is 0 Å². The molecule has 0 aliphatic heterocycles. The van der Waals surface area contributed by atoms with Gasteiger partial charge in [0.15, 0.2) is 0 Å². The van der Waals surface area contributed by atoms with Crippen molar-refractivity contribution < 1.29 is 9.53 Å². The monoisotopic (exact) mass is 227 g/mol. The van der Waals surface area contributed by atoms with Crippen molar-refractivity contribution in [2.75, 3.05) is 13.7 Å². The summed E-state index contributed by atoms with van der Waals surface area (Å²) in [7, 11) is 1.47. The van der Waals surface area contributed by atoms with Crippen LogP contribution in [0.5, 0.6) is 0 Å². The van der Waals surface area contributed by atoms with Gasteiger partial charge in [-0.15, -0.1) is 0 Å². The van der Waals surface area contributed by atoms with Crippen LogP contribution < -0.4 is 5.32 Å². The fraction of sp³-hybridized carbons (Fsp3) is 0.923. The van der Waals surface area contributed by atoms with Gasteiger partial charge < -0.3 is 10.1 Å². The molecular weight excluding hydrogens is 202 g/mol. The first-order valence-corrected chi connectivity index (χ1v) is 6.59. The number of unbranched alkanes of at least 4 members (excludes halogenated alkanes) is 1. The summed E-state index contributed by atoms with van der Waals surface area (Å²) in [5.41, 5.74) is 0. The first kappa shape index (κ1) is 13.5. The Kier molecular flexibility index (Phi) is 6.46. The zero-order valence-corrected chi connectivity index (χ0v) is 10.6. The summed E-state index contributed by atoms with van der Waals surface area (Å²) in [6, 6.07) is -0.0926. The van der Waals surface area contributed by atoms with Gasteiger partial charge in [-0.2, -0.15) is 0 Å². The summed E-state index contributed by atoms with van der Waals surface area (Å²) >= 11 is 0. The van der Waals surface area contributed by atoms with Crippen LogP contribution >= 0.6 is 0 Å². The molecule has 0 aromatic heterocycles. The van der Waals surface area contributed by atoms with E-state index in [0.717, 1.165) is 31.7 Å². The van der Waals surface area contributed by atoms with E-state index in [1.54, 1.807) is 0 Å². The molecule has 1 aliphatic carbocycles. The molecule has 16 heavy (non-hydrogen) atoms. The van der Waals surface area contributed by atoms with Crippen molar-refractivity contribution >= 4 is 5.97 Å². The minimum Gasteiger partial charge on any atom is -0.468 e. The largest absolute Gasteiger partial charge is 0.468 e. The molecule has 94 valence electrons. The Hall–Kier alpha value is -0.570. The molecule has 1 aliphatic rings. The third-order valence-corrected chi connectivity index (χ3v) is 3.50. The molecule has 1 N–H and O–H groups in total. The van der Waals surface area contributed by atoms with E-state index in [9.17, 15) is 4.79 Å². The summed E-state index contributed by atoms with van der Waals surface area (Å²) in [6.07, 6.45) is 8.45. The van der Waals surface area contributed by atoms with E-state index < -0.39 is 0 Å². The molecule has 1 saturated carbocycles. The van der Waals surface area contributed by atoms with Gasteiger partial charge in [-0.3, -0.25) is 4.79 Å². The van der Waals surface area contributed by atoms with E-state index in [0.29, 0.717) is 0 Å². The van der Waals surface area contributed by atoms with Crippen LogP contribution in [-0.4, -0.2) is 25.7 Å². The minimum absolute atomic E-state index is 0.0926. The van der Waals surface area contributed by atoms with Crippen LogP contribution in [0.3, 0.4) is 0 Å². The summed E-state index contributed by atoms with van der Waals surface area (Å²) in [6.45, 7) is 3.09. The predicted octanol–water partition coefficient (Wildman–Crippen LogP) is 2.50. The Balaban J connectivity index is 2.16. The number of nitrogens with one attached hydrogen (secondary N) is 1. The molecular formula is C13H25NO2. The molecule has 0 spiro atoms. The molecule has 0 aromatic carbocycles. The highest BCUT2D eigenvalue weighted by Gasteiger charge is 2.20. The number of rotatable bonds is 8. The van der Waals surface area contributed by atoms with Crippen molar-refractivity contribution in [2.24, 2.45) is 5.92 Å². The lowest BCUT2D eigenvalue weighted by Crippen LogP contribution is -2.39. The van der Waals surface area contributed by atoms with Crippen molar-refractivity contribution in [3.63, 3.8) is 0 Å². The molecule has 1 atom stereocenters. The molecule has 0 aromatic rings. The first-order chi connectivity index (χ1) is 7.77. The van der Waals surface area contributed by atoms with Crippen molar-refractivity contribution in [1.29, 1.82) is 0 Å². The lowest BCUT2D eigenvalue weighted by Gasteiger charge is -2.26. The molecule has 1 fully saturated rings. The van der Waals surface area contributed by atoms with Gasteiger partial charge in [0.05, 0.1) is 7.11 Å². The average molecular weight is 227 g/mol. The van der Waals surface area contributed by atoms with E-state index in [1.807, 2.05) is 0 Å². The van der Waals surface area contributed by atoms with Gasteiger partial charge in [0.2, 0.25) is 0 Å². The summed E-state index contributed by atoms with van der Waals surface area (Å²) < 4.78 is 4.81. The highest BCUT2D eigenvalue weighted by molar-refractivity contribution is 5.75. The third-order valence-electron chi connectivity index (χ3n) is 3.50. The second-order valence-corrected chi connectivity index (χ2v) is 4.76. The Morgan fingerprint density at radius 3 is 2.75 bits per heavy atom. The Bertz CT molecular complexity index is 202. The van der Waals surface area contributed by atoms with Gasteiger partial charge in [0.25, 0.3) is 0 Å². The number of carbonyl (C=O) groups excluding carboxylic acids is 1. The molecule has 0 bridgehead atoms. The number of hydrogen-bond donors (Lipinski definition) is 1. The van der Waals surface area contributed by atoms with E-state index in [1.165, 1.54) is 32.8 Å². The number of methoxy groups -OCH3 is 1. The molecule has 1 unspecified atom stereocenters. The second kappa shape index (κ2) is 7.66. The average Bonchev–Trinajstić information content (AvgIpc) is 2.24. The maximum Gasteiger partial charge on any atom is 0.322 e. The first-order valence-electron chi connectivity index (χ1n) is 6.59. The number of esters is 1. The smallest absolute Gasteiger partial charge is 0.322 e. The third kappa shape index (κ3) is 4.52. The zero-order valence-electron chi connectivity index (χ0n) is 10.6. The molecule has 0 saturated heterocycles. The van der Waals surface area contributed by atoms with Gasteiger partial charge in [-0.1, -0.05) is 39.0 Å². The summed E-state index contributed by atoms with van der Waals surface area (Å²) in [4.78, 5) is 11.5. The van der Waals surface area contributed by atoms with Crippen LogP contribution in [0.25, 0.3) is 0 Å². The van der Waals surface area contributed by atoms with Gasteiger partial charge in [-0.25, -0.2) is 0 Å². The molecule has 3 heteroatoms. The van der Waals surface area contributed by atoms with Crippen LogP contribution in [0.2, 0.25) is 0 Å². The quantitative estimate of drug-likeness (QED) is 0.647. The highest BCUT2D eigenvalue weighted by Crippen LogP contribution is 2.28. The zero-order chi connectivity index (χ0) is 11.8. The van der Waals surface area contributed by atoms with Crippen LogP contribution in [0.1, 0.15) is 51.9 Å². The van der Waals surface area contributed by atoms with Crippen molar-refractivity contribution in [3.05, 3.63) is 0 Å². The van der Waals surface area contributed by atoms with Gasteiger partial charge in [-0.05, 0) is 25.3 Å². The summed E-state index contributed by atoms with van der Waals surface area (Å²) in [5.74, 6) is 0.791. The second-order valence-electron chi connectivity index (χ2n) is 4.76. The van der Waals surface area contributed by atoms with Crippen LogP contribution in [0, 0.1) is 5.92 Å². The SMILES string of the molecule is CCCCC(NCCC1CCC1)C(=O)OC. The summed E-state index contributed by atoms with van der Waals surface area (Å²) in [5, 5.41) is 3.33. The molecule has 0 heterocycles. The Morgan fingerprint density at radius 1 is 1.50 bits per heavy atom. The normalized spacial score (nSPS) is 17.9. The van der Waals surface area contributed by atoms with Crippen LogP contribution in [0.15, 0.2) is 0 Å². The number of hydrogen-bond acceptors (Lipinski definition) is 3. The van der Waals surface area contributed by atoms with Gasteiger partial charge >= 0.3 is 5.97 Å². The Labute approximate surface area is 98.9 Å². The number of ether oxygens (including phenoxy) is 1. The maximum absolute atomic E-state index is 11.5. The predicted molar refractivity (Wildman–Crippen MR) is 65.3 cm³/mol. The molecule has 1 rings (SSSR count). The standard InChI is InChI=1S/C13H25NO2/c1-3-4-8-12(13(15)16-2)14-10-9-11-6-5-7-11/h11-12,14H,3-10H2,1-2H3. The molecule has 3 nitrogen and oxygen atoms in total. The van der Waals surface area contributed by atoms with Crippen molar-refractivity contribution in [1.82, 2.24) is 5.32 Å². The van der Waals surface area contributed by atoms with Crippen molar-refractivity contribution in [3.8, 4) is 0 Å². The minimum atomic E-state index is -0.109. The van der Waals surface area contributed by atoms with Crippen LogP contribution in [-0.2, 0) is 9.53 Å². The topological polar surface area (TPSA) is 38.3 Å². The Morgan fingerprint density at radius 2 is 2.25 bits per heavy atom. The van der Waals surface area contributed by atoms with E-state index in [4.69, 9.17) is 4.74 Å². The molecule has 0 amide bonds. The lowest BCUT2D eigenvalue weighted by molar-refractivity contribution is -0.143. The highest BCUT2D eigenvalue weighted by atomic mass is 16.5. The van der Waals surface area contributed by atoms with Crippen molar-refractivity contribution in [2.45, 2.75) is 57.9 Å². The van der Waals surface area contributed by atoms with Crippen LogP contribution in [0.4, 0.5) is 0 Å². The fourth-order valence-corrected chi connectivity index (χ4v) is 2.10.